The minimum atomic E-state index is -0.830. The summed E-state index contributed by atoms with van der Waals surface area (Å²) in [5, 5.41) is 12.4. The molecule has 5 heteroatoms. The molecule has 0 saturated heterocycles. The topological polar surface area (TPSA) is 71.7 Å². The molecule has 0 aliphatic carbocycles. The monoisotopic (exact) mass is 275 g/mol. The first kappa shape index (κ1) is 14.1. The quantitative estimate of drug-likeness (QED) is 0.809. The predicted molar refractivity (Wildman–Crippen MR) is 73.2 cm³/mol. The second kappa shape index (κ2) is 7.35. The molecule has 0 saturated carbocycles. The maximum absolute atomic E-state index is 11.6. The molecule has 2 N–H and O–H groups in total. The first-order valence-electron chi connectivity index (χ1n) is 6.42. The van der Waals surface area contributed by atoms with Gasteiger partial charge in [0.2, 0.25) is 5.91 Å². The van der Waals surface area contributed by atoms with E-state index in [9.17, 15) is 9.90 Å². The number of furan rings is 1. The van der Waals surface area contributed by atoms with Crippen LogP contribution in [0, 0.1) is 0 Å². The van der Waals surface area contributed by atoms with Gasteiger partial charge in [0.1, 0.15) is 17.6 Å². The van der Waals surface area contributed by atoms with E-state index in [1.165, 1.54) is 6.26 Å². The van der Waals surface area contributed by atoms with E-state index >= 15 is 0 Å². The van der Waals surface area contributed by atoms with Gasteiger partial charge >= 0.3 is 0 Å². The van der Waals surface area contributed by atoms with Gasteiger partial charge in [0, 0.05) is 0 Å². The average molecular weight is 275 g/mol. The third kappa shape index (κ3) is 4.44. The van der Waals surface area contributed by atoms with Crippen molar-refractivity contribution in [2.75, 3.05) is 13.2 Å². The number of rotatable bonds is 7. The lowest BCUT2D eigenvalue weighted by Crippen LogP contribution is -2.29. The van der Waals surface area contributed by atoms with E-state index in [0.29, 0.717) is 12.4 Å². The minimum Gasteiger partial charge on any atom is -0.493 e. The molecular weight excluding hydrogens is 258 g/mol. The van der Waals surface area contributed by atoms with Crippen LogP contribution in [0.4, 0.5) is 0 Å². The lowest BCUT2D eigenvalue weighted by molar-refractivity contribution is -0.122. The number of para-hydroxylation sites is 1. The van der Waals surface area contributed by atoms with Crippen LogP contribution < -0.4 is 10.1 Å². The van der Waals surface area contributed by atoms with E-state index in [0.717, 1.165) is 5.75 Å². The van der Waals surface area contributed by atoms with Crippen molar-refractivity contribution in [2.24, 2.45) is 0 Å². The molecule has 0 radical (unpaired) electrons. The summed E-state index contributed by atoms with van der Waals surface area (Å²) in [6, 6.07) is 12.7. The second-order valence-corrected chi connectivity index (χ2v) is 4.25. The van der Waals surface area contributed by atoms with Crippen LogP contribution in [0.2, 0.25) is 0 Å². The van der Waals surface area contributed by atoms with Gasteiger partial charge in [-0.2, -0.15) is 0 Å². The van der Waals surface area contributed by atoms with E-state index in [4.69, 9.17) is 9.15 Å². The van der Waals surface area contributed by atoms with Crippen LogP contribution in [0.3, 0.4) is 0 Å². The smallest absolute Gasteiger partial charge is 0.223 e. The molecular formula is C15H17NO4. The van der Waals surface area contributed by atoms with Gasteiger partial charge in [0.15, 0.2) is 0 Å². The van der Waals surface area contributed by atoms with Crippen molar-refractivity contribution in [1.29, 1.82) is 0 Å². The summed E-state index contributed by atoms with van der Waals surface area (Å²) >= 11 is 0. The largest absolute Gasteiger partial charge is 0.493 e. The van der Waals surface area contributed by atoms with Crippen molar-refractivity contribution in [3.63, 3.8) is 0 Å². The SMILES string of the molecule is O=C(CCOc1ccccc1)NCC(O)c1ccco1. The van der Waals surface area contributed by atoms with Crippen LogP contribution >= 0.6 is 0 Å². The van der Waals surface area contributed by atoms with Crippen molar-refractivity contribution in [1.82, 2.24) is 5.32 Å². The second-order valence-electron chi connectivity index (χ2n) is 4.25. The maximum atomic E-state index is 11.6. The van der Waals surface area contributed by atoms with Crippen LogP contribution in [0.1, 0.15) is 18.3 Å². The molecule has 0 fully saturated rings. The summed E-state index contributed by atoms with van der Waals surface area (Å²) in [4.78, 5) is 11.6. The van der Waals surface area contributed by atoms with E-state index < -0.39 is 6.10 Å². The van der Waals surface area contributed by atoms with Gasteiger partial charge in [-0.05, 0) is 24.3 Å². The van der Waals surface area contributed by atoms with Crippen LogP contribution in [0.5, 0.6) is 5.75 Å². The highest BCUT2D eigenvalue weighted by molar-refractivity contribution is 5.76. The Morgan fingerprint density at radius 1 is 1.25 bits per heavy atom. The molecule has 1 unspecified atom stereocenters. The molecule has 0 spiro atoms. The Labute approximate surface area is 117 Å². The minimum absolute atomic E-state index is 0.123. The molecule has 5 nitrogen and oxygen atoms in total. The molecule has 0 bridgehead atoms. The molecule has 1 aromatic carbocycles. The van der Waals surface area contributed by atoms with Crippen molar-refractivity contribution in [3.8, 4) is 5.75 Å². The van der Waals surface area contributed by atoms with Crippen LogP contribution in [-0.2, 0) is 4.79 Å². The van der Waals surface area contributed by atoms with Gasteiger partial charge in [0.05, 0.1) is 25.8 Å². The number of ether oxygens (including phenoxy) is 1. The first-order chi connectivity index (χ1) is 9.75. The Morgan fingerprint density at radius 2 is 2.05 bits per heavy atom. The van der Waals surface area contributed by atoms with Crippen molar-refractivity contribution < 1.29 is 19.1 Å². The lowest BCUT2D eigenvalue weighted by Gasteiger charge is -2.10. The van der Waals surface area contributed by atoms with Gasteiger partial charge in [-0.25, -0.2) is 0 Å². The average Bonchev–Trinajstić information content (AvgIpc) is 3.00. The Kier molecular flexibility index (Phi) is 5.20. The predicted octanol–water partition coefficient (Wildman–Crippen LogP) is 1.90. The highest BCUT2D eigenvalue weighted by atomic mass is 16.5. The number of benzene rings is 1. The van der Waals surface area contributed by atoms with Crippen LogP contribution in [0.15, 0.2) is 53.1 Å². The van der Waals surface area contributed by atoms with Gasteiger partial charge < -0.3 is 19.6 Å². The number of hydrogen-bond donors (Lipinski definition) is 2. The molecule has 1 aromatic heterocycles. The van der Waals surface area contributed by atoms with Crippen molar-refractivity contribution in [3.05, 3.63) is 54.5 Å². The fraction of sp³-hybridized carbons (Fsp3) is 0.267. The Morgan fingerprint density at radius 3 is 2.75 bits per heavy atom. The summed E-state index contributed by atoms with van der Waals surface area (Å²) < 4.78 is 10.5. The molecule has 1 heterocycles. The van der Waals surface area contributed by atoms with Gasteiger partial charge in [-0.15, -0.1) is 0 Å². The van der Waals surface area contributed by atoms with Gasteiger partial charge in [0.25, 0.3) is 0 Å². The molecule has 1 atom stereocenters. The highest BCUT2D eigenvalue weighted by Crippen LogP contribution is 2.11. The molecule has 2 rings (SSSR count). The van der Waals surface area contributed by atoms with Crippen molar-refractivity contribution in [2.45, 2.75) is 12.5 Å². The standard InChI is InChI=1S/C15H17NO4/c17-13(14-7-4-9-20-14)11-16-15(18)8-10-19-12-5-2-1-3-6-12/h1-7,9,13,17H,8,10-11H2,(H,16,18). The zero-order valence-electron chi connectivity index (χ0n) is 11.0. The van der Waals surface area contributed by atoms with Crippen LogP contribution in [-0.4, -0.2) is 24.2 Å². The van der Waals surface area contributed by atoms with E-state index in [-0.39, 0.29) is 18.9 Å². The third-order valence-electron chi connectivity index (χ3n) is 2.71. The van der Waals surface area contributed by atoms with Gasteiger partial charge in [-0.3, -0.25) is 4.79 Å². The summed E-state index contributed by atoms with van der Waals surface area (Å²) in [6.45, 7) is 0.421. The number of aliphatic hydroxyl groups is 1. The number of amides is 1. The molecule has 106 valence electrons. The molecule has 0 aliphatic heterocycles. The number of carbonyl (C=O) groups is 1. The maximum Gasteiger partial charge on any atom is 0.223 e. The summed E-state index contributed by atoms with van der Waals surface area (Å²) in [7, 11) is 0. The highest BCUT2D eigenvalue weighted by Gasteiger charge is 2.11. The fourth-order valence-electron chi connectivity index (χ4n) is 1.66. The van der Waals surface area contributed by atoms with Crippen molar-refractivity contribution >= 4 is 5.91 Å². The Bertz CT molecular complexity index is 510. The zero-order chi connectivity index (χ0) is 14.2. The summed E-state index contributed by atoms with van der Waals surface area (Å²) in [5.74, 6) is 0.994. The zero-order valence-corrected chi connectivity index (χ0v) is 11.0. The first-order valence-corrected chi connectivity index (χ1v) is 6.42. The fourth-order valence-corrected chi connectivity index (χ4v) is 1.66. The molecule has 0 aliphatic rings. The summed E-state index contributed by atoms with van der Waals surface area (Å²) in [5.41, 5.74) is 0. The summed E-state index contributed by atoms with van der Waals surface area (Å²) in [6.07, 6.45) is 0.886. The van der Waals surface area contributed by atoms with E-state index in [2.05, 4.69) is 5.32 Å². The molecule has 20 heavy (non-hydrogen) atoms. The molecule has 1 amide bonds. The molecule has 2 aromatic rings. The van der Waals surface area contributed by atoms with E-state index in [1.807, 2.05) is 30.3 Å². The Hall–Kier alpha value is -2.27. The number of nitrogens with one attached hydrogen (secondary N) is 1. The lowest BCUT2D eigenvalue weighted by atomic mass is 10.2. The Balaban J connectivity index is 1.63. The number of aliphatic hydroxyl groups excluding tert-OH is 1. The van der Waals surface area contributed by atoms with Crippen LogP contribution in [0.25, 0.3) is 0 Å². The number of carbonyl (C=O) groups excluding carboxylic acids is 1. The van der Waals surface area contributed by atoms with Gasteiger partial charge in [-0.1, -0.05) is 18.2 Å². The third-order valence-corrected chi connectivity index (χ3v) is 2.71. The normalized spacial score (nSPS) is 11.8. The number of hydrogen-bond acceptors (Lipinski definition) is 4. The van der Waals surface area contributed by atoms with E-state index in [1.54, 1.807) is 12.1 Å².